The van der Waals surface area contributed by atoms with Crippen LogP contribution in [-0.2, 0) is 11.8 Å². The molecule has 3 aromatic carbocycles. The fourth-order valence-corrected chi connectivity index (χ4v) is 3.79. The SMILES string of the molecule is CN(C(=O)c1ccccc1)c1c(C(F)(F)F)c(NC(=O)c2ccccc2)cc(F)c1C(F)(C(F)(F)F)C(F)(F)F. The molecule has 1 N–H and O–H groups in total. The molecule has 0 aliphatic rings. The molecule has 0 saturated heterocycles. The number of amides is 2. The Bertz CT molecular complexity index is 1390. The molecule has 4 nitrogen and oxygen atoms in total. The molecule has 0 bridgehead atoms. The van der Waals surface area contributed by atoms with Gasteiger partial charge < -0.3 is 10.2 Å². The van der Waals surface area contributed by atoms with Crippen molar-refractivity contribution in [1.29, 1.82) is 0 Å². The lowest BCUT2D eigenvalue weighted by atomic mass is 9.88. The lowest BCUT2D eigenvalue weighted by Gasteiger charge is -2.35. The minimum Gasteiger partial charge on any atom is -0.321 e. The van der Waals surface area contributed by atoms with Crippen molar-refractivity contribution in [2.45, 2.75) is 24.2 Å². The highest BCUT2D eigenvalue weighted by molar-refractivity contribution is 6.09. The number of anilines is 2. The van der Waals surface area contributed by atoms with E-state index in [0.29, 0.717) is 7.05 Å². The highest BCUT2D eigenvalue weighted by atomic mass is 19.4. The third kappa shape index (κ3) is 5.45. The predicted molar refractivity (Wildman–Crippen MR) is 120 cm³/mol. The number of halogens is 11. The van der Waals surface area contributed by atoms with Gasteiger partial charge in [-0.25, -0.2) is 8.78 Å². The molecule has 0 atom stereocenters. The number of rotatable bonds is 5. The van der Waals surface area contributed by atoms with Crippen molar-refractivity contribution in [2.75, 3.05) is 17.3 Å². The summed E-state index contributed by atoms with van der Waals surface area (Å²) in [4.78, 5) is 25.1. The summed E-state index contributed by atoms with van der Waals surface area (Å²) in [6.07, 6.45) is -20.1. The standard InChI is InChI=1S/C25H15F11N2O2/c1-38(21(40)14-10-6-3-7-11-14)19-17(22(27,24(31,32)33)25(34,35)36)15(26)12-16(18(19)23(28,29)30)37-20(39)13-8-4-2-5-9-13/h2-12H,1H3,(H,37,39). The molecule has 15 heteroatoms. The van der Waals surface area contributed by atoms with Crippen LogP contribution in [0.15, 0.2) is 66.7 Å². The number of carbonyl (C=O) groups excluding carboxylic acids is 2. The molecule has 3 rings (SSSR count). The van der Waals surface area contributed by atoms with Gasteiger partial charge in [0.1, 0.15) is 11.4 Å². The third-order valence-electron chi connectivity index (χ3n) is 5.61. The van der Waals surface area contributed by atoms with E-state index in [9.17, 15) is 49.1 Å². The van der Waals surface area contributed by atoms with E-state index in [1.54, 1.807) is 5.32 Å². The summed E-state index contributed by atoms with van der Waals surface area (Å²) in [5, 5.41) is 1.58. The molecular weight excluding hydrogens is 569 g/mol. The molecule has 40 heavy (non-hydrogen) atoms. The minimum absolute atomic E-state index is 0.304. The molecule has 3 aromatic rings. The number of benzene rings is 3. The summed E-state index contributed by atoms with van der Waals surface area (Å²) in [6.45, 7) is 0. The summed E-state index contributed by atoms with van der Waals surface area (Å²) < 4.78 is 156. The van der Waals surface area contributed by atoms with Crippen molar-refractivity contribution in [3.63, 3.8) is 0 Å². The Hall–Kier alpha value is -4.17. The zero-order chi connectivity index (χ0) is 30.3. The summed E-state index contributed by atoms with van der Waals surface area (Å²) in [5.74, 6) is -5.79. The monoisotopic (exact) mass is 584 g/mol. The number of carbonyl (C=O) groups is 2. The summed E-state index contributed by atoms with van der Waals surface area (Å²) >= 11 is 0. The zero-order valence-electron chi connectivity index (χ0n) is 19.8. The van der Waals surface area contributed by atoms with Crippen molar-refractivity contribution in [3.8, 4) is 0 Å². The van der Waals surface area contributed by atoms with Gasteiger partial charge in [0.25, 0.3) is 11.8 Å². The molecule has 0 aliphatic heterocycles. The van der Waals surface area contributed by atoms with E-state index >= 15 is 8.78 Å². The highest BCUT2D eigenvalue weighted by Crippen LogP contribution is 2.58. The first-order valence-electron chi connectivity index (χ1n) is 10.8. The van der Waals surface area contributed by atoms with Crippen LogP contribution in [0.3, 0.4) is 0 Å². The van der Waals surface area contributed by atoms with E-state index in [1.807, 2.05) is 0 Å². The molecule has 0 saturated carbocycles. The van der Waals surface area contributed by atoms with Gasteiger partial charge in [-0.05, 0) is 30.3 Å². The van der Waals surface area contributed by atoms with Gasteiger partial charge in [-0.3, -0.25) is 9.59 Å². The molecule has 2 amide bonds. The van der Waals surface area contributed by atoms with Crippen LogP contribution >= 0.6 is 0 Å². The van der Waals surface area contributed by atoms with Gasteiger partial charge in [-0.1, -0.05) is 36.4 Å². The fraction of sp³-hybridized carbons (Fsp3) is 0.200. The quantitative estimate of drug-likeness (QED) is 0.313. The number of alkyl halides is 10. The van der Waals surface area contributed by atoms with Crippen LogP contribution in [0.2, 0.25) is 0 Å². The van der Waals surface area contributed by atoms with Gasteiger partial charge in [-0.15, -0.1) is 0 Å². The van der Waals surface area contributed by atoms with Crippen molar-refractivity contribution < 1.29 is 57.9 Å². The Morgan fingerprint density at radius 1 is 0.700 bits per heavy atom. The Morgan fingerprint density at radius 3 is 1.57 bits per heavy atom. The first-order valence-corrected chi connectivity index (χ1v) is 10.8. The number of nitrogens with zero attached hydrogens (tertiary/aromatic N) is 1. The Labute approximate surface area is 218 Å². The van der Waals surface area contributed by atoms with Crippen LogP contribution in [0.5, 0.6) is 0 Å². The second-order valence-electron chi connectivity index (χ2n) is 8.21. The average molecular weight is 584 g/mol. The summed E-state index contributed by atoms with van der Waals surface area (Å²) in [7, 11) is 0.304. The van der Waals surface area contributed by atoms with Crippen LogP contribution in [-0.4, -0.2) is 31.2 Å². The van der Waals surface area contributed by atoms with Crippen molar-refractivity contribution >= 4 is 23.2 Å². The lowest BCUT2D eigenvalue weighted by Crippen LogP contribution is -2.52. The molecule has 0 radical (unpaired) electrons. The van der Waals surface area contributed by atoms with Gasteiger partial charge in [0.05, 0.1) is 16.9 Å². The fourth-order valence-electron chi connectivity index (χ4n) is 3.79. The molecule has 214 valence electrons. The van der Waals surface area contributed by atoms with Gasteiger partial charge in [0, 0.05) is 18.2 Å². The second kappa shape index (κ2) is 10.4. The highest BCUT2D eigenvalue weighted by Gasteiger charge is 2.75. The van der Waals surface area contributed by atoms with E-state index in [-0.39, 0.29) is 10.5 Å². The van der Waals surface area contributed by atoms with Gasteiger partial charge >= 0.3 is 24.2 Å². The van der Waals surface area contributed by atoms with E-state index in [4.69, 9.17) is 0 Å². The maximum atomic E-state index is 15.2. The largest absolute Gasteiger partial charge is 0.436 e. The summed E-state index contributed by atoms with van der Waals surface area (Å²) in [5.41, 5.74) is -17.4. The van der Waals surface area contributed by atoms with Crippen LogP contribution in [0.1, 0.15) is 31.8 Å². The Kier molecular flexibility index (Phi) is 7.92. The van der Waals surface area contributed by atoms with Gasteiger partial charge in [0.15, 0.2) is 0 Å². The van der Waals surface area contributed by atoms with Crippen LogP contribution < -0.4 is 10.2 Å². The van der Waals surface area contributed by atoms with E-state index in [1.165, 1.54) is 24.3 Å². The van der Waals surface area contributed by atoms with Crippen LogP contribution in [0.4, 0.5) is 59.7 Å². The molecule has 0 heterocycles. The Morgan fingerprint density at radius 2 is 1.15 bits per heavy atom. The Balaban J connectivity index is 2.47. The second-order valence-corrected chi connectivity index (χ2v) is 8.21. The zero-order valence-corrected chi connectivity index (χ0v) is 19.8. The first kappa shape index (κ1) is 30.4. The van der Waals surface area contributed by atoms with Crippen molar-refractivity contribution in [2.24, 2.45) is 0 Å². The number of nitrogens with one attached hydrogen (secondary N) is 1. The maximum Gasteiger partial charge on any atom is 0.436 e. The van der Waals surface area contributed by atoms with E-state index in [0.717, 1.165) is 36.4 Å². The molecule has 0 aliphatic carbocycles. The normalized spacial score (nSPS) is 12.7. The lowest BCUT2D eigenvalue weighted by molar-refractivity contribution is -0.349. The molecule has 0 spiro atoms. The third-order valence-corrected chi connectivity index (χ3v) is 5.61. The van der Waals surface area contributed by atoms with Crippen LogP contribution in [0, 0.1) is 5.82 Å². The van der Waals surface area contributed by atoms with Crippen LogP contribution in [0.25, 0.3) is 0 Å². The first-order chi connectivity index (χ1) is 18.3. The smallest absolute Gasteiger partial charge is 0.321 e. The molecular formula is C25H15F11N2O2. The summed E-state index contributed by atoms with van der Waals surface area (Å²) in [6, 6.07) is 11.1. The van der Waals surface area contributed by atoms with E-state index in [2.05, 4.69) is 0 Å². The van der Waals surface area contributed by atoms with Crippen molar-refractivity contribution in [3.05, 3.63) is 94.8 Å². The van der Waals surface area contributed by atoms with E-state index < -0.39 is 76.0 Å². The average Bonchev–Trinajstić information content (AvgIpc) is 2.86. The number of hydrogen-bond donors (Lipinski definition) is 1. The van der Waals surface area contributed by atoms with Gasteiger partial charge in [0.2, 0.25) is 0 Å². The van der Waals surface area contributed by atoms with Gasteiger partial charge in [-0.2, -0.15) is 39.5 Å². The molecule has 0 unspecified atom stereocenters. The predicted octanol–water partition coefficient (Wildman–Crippen LogP) is 7.66. The maximum absolute atomic E-state index is 15.2. The topological polar surface area (TPSA) is 49.4 Å². The minimum atomic E-state index is -7.05. The van der Waals surface area contributed by atoms with Crippen molar-refractivity contribution in [1.82, 2.24) is 0 Å². The number of hydrogen-bond acceptors (Lipinski definition) is 2. The molecule has 0 aromatic heterocycles. The molecule has 0 fully saturated rings.